The van der Waals surface area contributed by atoms with E-state index in [1.54, 1.807) is 0 Å². The minimum atomic E-state index is -1.73. The number of carbonyl (C=O) groups is 1. The molecule has 0 aliphatic heterocycles. The second kappa shape index (κ2) is 7.07. The standard InChI is InChI=1S/C16H36O3Si2/c1-15(2,3)21(9,10)18-12-11-14(16(4,5)13-17)19-20(6,7)8/h13-14H,11-12H2,1-10H3/t14-/m0/s1. The molecule has 0 aliphatic rings. The molecular formula is C16H36O3Si2. The van der Waals surface area contributed by atoms with Gasteiger partial charge in [-0.1, -0.05) is 34.6 Å². The maximum absolute atomic E-state index is 11.4. The molecule has 0 saturated carbocycles. The van der Waals surface area contributed by atoms with Gasteiger partial charge in [-0.25, -0.2) is 0 Å². The van der Waals surface area contributed by atoms with Gasteiger partial charge in [0.25, 0.3) is 0 Å². The Hall–Kier alpha value is 0.0238. The van der Waals surface area contributed by atoms with Crippen molar-refractivity contribution in [3.05, 3.63) is 0 Å². The molecule has 0 aromatic heterocycles. The Balaban J connectivity index is 4.76. The van der Waals surface area contributed by atoms with Crippen LogP contribution in [0.2, 0.25) is 37.8 Å². The van der Waals surface area contributed by atoms with E-state index in [-0.39, 0.29) is 11.1 Å². The van der Waals surface area contributed by atoms with Crippen molar-refractivity contribution >= 4 is 22.9 Å². The van der Waals surface area contributed by atoms with E-state index in [2.05, 4.69) is 53.5 Å². The van der Waals surface area contributed by atoms with Crippen molar-refractivity contribution < 1.29 is 13.6 Å². The summed E-state index contributed by atoms with van der Waals surface area (Å²) in [5, 5.41) is 0.211. The van der Waals surface area contributed by atoms with Crippen LogP contribution in [0.4, 0.5) is 0 Å². The number of rotatable bonds is 8. The minimum absolute atomic E-state index is 0.0635. The Labute approximate surface area is 134 Å². The summed E-state index contributed by atoms with van der Waals surface area (Å²) in [7, 11) is -3.41. The molecule has 0 rings (SSSR count). The molecule has 0 saturated heterocycles. The zero-order valence-corrected chi connectivity index (χ0v) is 17.8. The van der Waals surface area contributed by atoms with Gasteiger partial charge in [0.05, 0.1) is 6.10 Å². The Morgan fingerprint density at radius 1 is 1.00 bits per heavy atom. The van der Waals surface area contributed by atoms with E-state index in [0.717, 1.165) is 12.7 Å². The summed E-state index contributed by atoms with van der Waals surface area (Å²) in [5.74, 6) is 0. The molecule has 0 bridgehead atoms. The molecule has 0 aromatic rings. The molecule has 0 radical (unpaired) electrons. The van der Waals surface area contributed by atoms with Crippen molar-refractivity contribution in [2.45, 2.75) is 84.9 Å². The van der Waals surface area contributed by atoms with Crippen molar-refractivity contribution in [3.8, 4) is 0 Å². The van der Waals surface area contributed by atoms with Crippen LogP contribution in [0.5, 0.6) is 0 Å². The SMILES string of the molecule is CC(C)(C=O)[C@H](CCO[Si](C)(C)C(C)(C)C)O[Si](C)(C)C. The lowest BCUT2D eigenvalue weighted by atomic mass is 9.87. The largest absolute Gasteiger partial charge is 0.417 e. The molecule has 0 aromatic carbocycles. The minimum Gasteiger partial charge on any atom is -0.417 e. The van der Waals surface area contributed by atoms with E-state index in [1.807, 2.05) is 13.8 Å². The van der Waals surface area contributed by atoms with Gasteiger partial charge < -0.3 is 13.6 Å². The van der Waals surface area contributed by atoms with E-state index in [4.69, 9.17) is 8.85 Å². The zero-order chi connectivity index (χ0) is 17.1. The van der Waals surface area contributed by atoms with Crippen LogP contribution in [0.3, 0.4) is 0 Å². The van der Waals surface area contributed by atoms with Crippen molar-refractivity contribution in [2.24, 2.45) is 5.41 Å². The van der Waals surface area contributed by atoms with Crippen molar-refractivity contribution in [1.29, 1.82) is 0 Å². The van der Waals surface area contributed by atoms with E-state index >= 15 is 0 Å². The first-order chi connectivity index (χ1) is 9.12. The molecule has 5 heteroatoms. The highest BCUT2D eigenvalue weighted by Crippen LogP contribution is 2.37. The van der Waals surface area contributed by atoms with Gasteiger partial charge in [-0.2, -0.15) is 0 Å². The summed E-state index contributed by atoms with van der Waals surface area (Å²) in [5.41, 5.74) is -0.461. The summed E-state index contributed by atoms with van der Waals surface area (Å²) in [6, 6.07) is 0. The Bertz CT molecular complexity index is 338. The van der Waals surface area contributed by atoms with Crippen LogP contribution >= 0.6 is 0 Å². The molecule has 0 fully saturated rings. The lowest BCUT2D eigenvalue weighted by molar-refractivity contribution is -0.119. The third kappa shape index (κ3) is 7.22. The number of hydrogen-bond acceptors (Lipinski definition) is 3. The smallest absolute Gasteiger partial charge is 0.191 e. The molecule has 0 heterocycles. The van der Waals surface area contributed by atoms with Gasteiger partial charge >= 0.3 is 0 Å². The molecular weight excluding hydrogens is 296 g/mol. The van der Waals surface area contributed by atoms with Gasteiger partial charge in [-0.3, -0.25) is 0 Å². The van der Waals surface area contributed by atoms with Gasteiger partial charge in [-0.15, -0.1) is 0 Å². The number of hydrogen-bond donors (Lipinski definition) is 0. The predicted molar refractivity (Wildman–Crippen MR) is 95.8 cm³/mol. The van der Waals surface area contributed by atoms with Crippen LogP contribution in [0.25, 0.3) is 0 Å². The molecule has 0 unspecified atom stereocenters. The molecule has 21 heavy (non-hydrogen) atoms. The van der Waals surface area contributed by atoms with Gasteiger partial charge in [0.15, 0.2) is 16.6 Å². The highest BCUT2D eigenvalue weighted by Gasteiger charge is 2.38. The Morgan fingerprint density at radius 2 is 1.48 bits per heavy atom. The van der Waals surface area contributed by atoms with E-state index in [1.165, 1.54) is 0 Å². The highest BCUT2D eigenvalue weighted by atomic mass is 28.4. The molecule has 0 N–H and O–H groups in total. The first kappa shape index (κ1) is 21.0. The summed E-state index contributed by atoms with van der Waals surface area (Å²) >= 11 is 0. The van der Waals surface area contributed by atoms with Crippen LogP contribution in [0.1, 0.15) is 41.0 Å². The van der Waals surface area contributed by atoms with Crippen molar-refractivity contribution in [1.82, 2.24) is 0 Å². The summed E-state index contributed by atoms with van der Waals surface area (Å²) in [4.78, 5) is 11.4. The first-order valence-corrected chi connectivity index (χ1v) is 14.2. The second-order valence-electron chi connectivity index (χ2n) is 9.06. The van der Waals surface area contributed by atoms with Crippen LogP contribution in [0, 0.1) is 5.41 Å². The third-order valence-corrected chi connectivity index (χ3v) is 9.81. The summed E-state index contributed by atoms with van der Waals surface area (Å²) in [6.07, 6.45) is 1.73. The molecule has 1 atom stereocenters. The maximum atomic E-state index is 11.4. The highest BCUT2D eigenvalue weighted by molar-refractivity contribution is 6.74. The van der Waals surface area contributed by atoms with E-state index in [9.17, 15) is 4.79 Å². The second-order valence-corrected chi connectivity index (χ2v) is 18.3. The molecule has 126 valence electrons. The van der Waals surface area contributed by atoms with Crippen molar-refractivity contribution in [3.63, 3.8) is 0 Å². The number of aldehydes is 1. The van der Waals surface area contributed by atoms with Gasteiger partial charge in [0.1, 0.15) is 6.29 Å². The summed E-state index contributed by atoms with van der Waals surface area (Å²) < 4.78 is 12.5. The fourth-order valence-corrected chi connectivity index (χ4v) is 4.06. The lowest BCUT2D eigenvalue weighted by Gasteiger charge is -2.38. The van der Waals surface area contributed by atoms with Crippen LogP contribution < -0.4 is 0 Å². The molecule has 0 spiro atoms. The van der Waals surface area contributed by atoms with Crippen LogP contribution in [0.15, 0.2) is 0 Å². The average molecular weight is 333 g/mol. The Kier molecular flexibility index (Phi) is 7.07. The van der Waals surface area contributed by atoms with Gasteiger partial charge in [0, 0.05) is 12.0 Å². The van der Waals surface area contributed by atoms with Gasteiger partial charge in [-0.05, 0) is 44.2 Å². The predicted octanol–water partition coefficient (Wildman–Crippen LogP) is 4.84. The zero-order valence-electron chi connectivity index (χ0n) is 15.8. The van der Waals surface area contributed by atoms with Gasteiger partial charge in [0.2, 0.25) is 0 Å². The third-order valence-electron chi connectivity index (χ3n) is 4.28. The summed E-state index contributed by atoms with van der Waals surface area (Å²) in [6.45, 7) is 22.3. The Morgan fingerprint density at radius 3 is 1.81 bits per heavy atom. The first-order valence-electron chi connectivity index (χ1n) is 7.90. The molecule has 3 nitrogen and oxygen atoms in total. The average Bonchev–Trinajstić information content (AvgIpc) is 2.24. The number of carbonyl (C=O) groups excluding carboxylic acids is 1. The fourth-order valence-electron chi connectivity index (χ4n) is 1.72. The van der Waals surface area contributed by atoms with Crippen molar-refractivity contribution in [2.75, 3.05) is 6.61 Å². The van der Waals surface area contributed by atoms with E-state index < -0.39 is 22.0 Å². The normalized spacial score (nSPS) is 15.9. The van der Waals surface area contributed by atoms with E-state index in [0.29, 0.717) is 6.61 Å². The fraction of sp³-hybridized carbons (Fsp3) is 0.938. The topological polar surface area (TPSA) is 35.5 Å². The monoisotopic (exact) mass is 332 g/mol. The molecule has 0 aliphatic carbocycles. The lowest BCUT2D eigenvalue weighted by Crippen LogP contribution is -2.44. The maximum Gasteiger partial charge on any atom is 0.191 e. The molecule has 0 amide bonds. The van der Waals surface area contributed by atoms with Crippen LogP contribution in [-0.2, 0) is 13.6 Å². The van der Waals surface area contributed by atoms with Crippen LogP contribution in [-0.4, -0.2) is 35.6 Å². The quantitative estimate of drug-likeness (QED) is 0.471.